The Morgan fingerprint density at radius 3 is 2.19 bits per heavy atom. The predicted molar refractivity (Wildman–Crippen MR) is 126 cm³/mol. The van der Waals surface area contributed by atoms with Gasteiger partial charge in [-0.2, -0.15) is 4.31 Å². The Labute approximate surface area is 201 Å². The Morgan fingerprint density at radius 2 is 1.58 bits per heavy atom. The standard InChI is InChI=1S/C21H16Br2ClFN2O3S/c22-15-3-8-18(9-4-15)31(29,30)27(12-14-1-6-17(24)7-2-14)13-21(28)26-20-10-5-16(23)11-19(20)25/h1-11H,12-13H2,(H,26,28). The van der Waals surface area contributed by atoms with Crippen molar-refractivity contribution < 1.29 is 17.6 Å². The zero-order valence-electron chi connectivity index (χ0n) is 15.9. The maximum atomic E-state index is 14.1. The molecule has 0 radical (unpaired) electrons. The van der Waals surface area contributed by atoms with Gasteiger partial charge in [-0.25, -0.2) is 12.8 Å². The SMILES string of the molecule is O=C(CN(Cc1ccc(Cl)cc1)S(=O)(=O)c1ccc(Br)cc1)Nc1ccc(Br)cc1F. The highest BCUT2D eigenvalue weighted by Gasteiger charge is 2.27. The Morgan fingerprint density at radius 1 is 0.968 bits per heavy atom. The molecule has 0 saturated heterocycles. The second-order valence-electron chi connectivity index (χ2n) is 6.53. The molecule has 0 unspecified atom stereocenters. The number of anilines is 1. The molecule has 0 fully saturated rings. The summed E-state index contributed by atoms with van der Waals surface area (Å²) in [7, 11) is -4.01. The number of benzene rings is 3. The summed E-state index contributed by atoms with van der Waals surface area (Å²) in [6.45, 7) is -0.567. The van der Waals surface area contributed by atoms with Crippen LogP contribution in [0.25, 0.3) is 0 Å². The molecule has 0 aliphatic carbocycles. The lowest BCUT2D eigenvalue weighted by Gasteiger charge is -2.22. The molecule has 1 amide bonds. The fourth-order valence-electron chi connectivity index (χ4n) is 2.72. The van der Waals surface area contributed by atoms with Gasteiger partial charge in [-0.15, -0.1) is 0 Å². The molecule has 0 bridgehead atoms. The van der Waals surface area contributed by atoms with Crippen LogP contribution in [0.1, 0.15) is 5.56 Å². The molecule has 5 nitrogen and oxygen atoms in total. The van der Waals surface area contributed by atoms with E-state index in [-0.39, 0.29) is 17.1 Å². The van der Waals surface area contributed by atoms with Gasteiger partial charge in [0.15, 0.2) is 0 Å². The number of hydrogen-bond acceptors (Lipinski definition) is 3. The number of carbonyl (C=O) groups excluding carboxylic acids is 1. The summed E-state index contributed by atoms with van der Waals surface area (Å²) in [4.78, 5) is 12.6. The van der Waals surface area contributed by atoms with Gasteiger partial charge in [-0.05, 0) is 60.2 Å². The van der Waals surface area contributed by atoms with Crippen LogP contribution in [-0.2, 0) is 21.4 Å². The lowest BCUT2D eigenvalue weighted by molar-refractivity contribution is -0.116. The van der Waals surface area contributed by atoms with Gasteiger partial charge in [-0.3, -0.25) is 4.79 Å². The Kier molecular flexibility index (Phi) is 7.87. The molecule has 162 valence electrons. The van der Waals surface area contributed by atoms with Crippen molar-refractivity contribution in [1.82, 2.24) is 4.31 Å². The van der Waals surface area contributed by atoms with E-state index in [1.54, 1.807) is 42.5 Å². The smallest absolute Gasteiger partial charge is 0.243 e. The average Bonchev–Trinajstić information content (AvgIpc) is 2.71. The van der Waals surface area contributed by atoms with Crippen molar-refractivity contribution in [3.8, 4) is 0 Å². The third-order valence-electron chi connectivity index (χ3n) is 4.25. The first-order chi connectivity index (χ1) is 14.6. The molecule has 0 spiro atoms. The average molecular weight is 591 g/mol. The second-order valence-corrected chi connectivity index (χ2v) is 10.7. The van der Waals surface area contributed by atoms with Crippen LogP contribution in [0, 0.1) is 5.82 Å². The van der Waals surface area contributed by atoms with Crippen LogP contribution >= 0.6 is 43.5 Å². The van der Waals surface area contributed by atoms with Crippen LogP contribution in [-0.4, -0.2) is 25.2 Å². The molecular weight excluding hydrogens is 575 g/mol. The first kappa shape index (κ1) is 23.9. The molecule has 0 aliphatic heterocycles. The van der Waals surface area contributed by atoms with E-state index < -0.39 is 28.3 Å². The maximum Gasteiger partial charge on any atom is 0.243 e. The highest BCUT2D eigenvalue weighted by atomic mass is 79.9. The first-order valence-corrected chi connectivity index (χ1v) is 12.3. The molecule has 3 aromatic carbocycles. The molecule has 0 atom stereocenters. The Bertz CT molecular complexity index is 1190. The number of nitrogens with one attached hydrogen (secondary N) is 1. The third-order valence-corrected chi connectivity index (χ3v) is 7.33. The van der Waals surface area contributed by atoms with Crippen LogP contribution in [0.4, 0.5) is 10.1 Å². The van der Waals surface area contributed by atoms with E-state index in [1.807, 2.05) is 0 Å². The van der Waals surface area contributed by atoms with E-state index in [0.29, 0.717) is 15.1 Å². The van der Waals surface area contributed by atoms with Crippen molar-refractivity contribution in [2.45, 2.75) is 11.4 Å². The minimum Gasteiger partial charge on any atom is -0.322 e. The number of nitrogens with zero attached hydrogens (tertiary/aromatic N) is 1. The minimum atomic E-state index is -4.01. The van der Waals surface area contributed by atoms with Gasteiger partial charge in [0.2, 0.25) is 15.9 Å². The van der Waals surface area contributed by atoms with Gasteiger partial charge >= 0.3 is 0 Å². The van der Waals surface area contributed by atoms with Gasteiger partial charge in [0.25, 0.3) is 0 Å². The topological polar surface area (TPSA) is 66.5 Å². The van der Waals surface area contributed by atoms with E-state index in [0.717, 1.165) is 8.78 Å². The molecule has 3 aromatic rings. The summed E-state index contributed by atoms with van der Waals surface area (Å²) in [5.41, 5.74) is 0.605. The minimum absolute atomic E-state index is 0.0345. The van der Waals surface area contributed by atoms with Crippen molar-refractivity contribution in [2.24, 2.45) is 0 Å². The zero-order chi connectivity index (χ0) is 22.6. The number of amides is 1. The first-order valence-electron chi connectivity index (χ1n) is 8.90. The van der Waals surface area contributed by atoms with Crippen LogP contribution in [0.15, 0.2) is 80.6 Å². The highest BCUT2D eigenvalue weighted by molar-refractivity contribution is 9.10. The summed E-state index contributed by atoms with van der Waals surface area (Å²) < 4.78 is 42.8. The van der Waals surface area contributed by atoms with Crippen molar-refractivity contribution in [3.63, 3.8) is 0 Å². The van der Waals surface area contributed by atoms with Gasteiger partial charge in [0, 0.05) is 20.5 Å². The van der Waals surface area contributed by atoms with Crippen LogP contribution in [0.2, 0.25) is 5.02 Å². The highest BCUT2D eigenvalue weighted by Crippen LogP contribution is 2.23. The van der Waals surface area contributed by atoms with E-state index in [1.165, 1.54) is 24.3 Å². The molecule has 3 rings (SSSR count). The second kappa shape index (κ2) is 10.2. The molecule has 10 heteroatoms. The van der Waals surface area contributed by atoms with Gasteiger partial charge in [0.1, 0.15) is 5.82 Å². The third kappa shape index (κ3) is 6.36. The number of carbonyl (C=O) groups is 1. The van der Waals surface area contributed by atoms with Crippen molar-refractivity contribution in [2.75, 3.05) is 11.9 Å². The summed E-state index contributed by atoms with van der Waals surface area (Å²) in [6.07, 6.45) is 0. The van der Waals surface area contributed by atoms with Gasteiger partial charge in [-0.1, -0.05) is 55.6 Å². The lowest BCUT2D eigenvalue weighted by atomic mass is 10.2. The normalized spacial score (nSPS) is 11.5. The monoisotopic (exact) mass is 588 g/mol. The van der Waals surface area contributed by atoms with E-state index in [9.17, 15) is 17.6 Å². The Balaban J connectivity index is 1.88. The van der Waals surface area contributed by atoms with Crippen molar-refractivity contribution in [3.05, 3.63) is 92.1 Å². The molecular formula is C21H16Br2ClFN2O3S. The molecule has 0 saturated carbocycles. The number of halogens is 4. The van der Waals surface area contributed by atoms with Crippen molar-refractivity contribution in [1.29, 1.82) is 0 Å². The van der Waals surface area contributed by atoms with E-state index >= 15 is 0 Å². The van der Waals surface area contributed by atoms with E-state index in [2.05, 4.69) is 37.2 Å². The van der Waals surface area contributed by atoms with Crippen LogP contribution in [0.3, 0.4) is 0 Å². The summed E-state index contributed by atoms with van der Waals surface area (Å²) >= 11 is 12.3. The summed E-state index contributed by atoms with van der Waals surface area (Å²) in [6, 6.07) is 16.9. The van der Waals surface area contributed by atoms with Crippen LogP contribution < -0.4 is 5.32 Å². The van der Waals surface area contributed by atoms with Crippen molar-refractivity contribution >= 4 is 65.1 Å². The predicted octanol–water partition coefficient (Wildman–Crippen LogP) is 5.83. The van der Waals surface area contributed by atoms with E-state index in [4.69, 9.17) is 11.6 Å². The molecule has 0 heterocycles. The molecule has 31 heavy (non-hydrogen) atoms. The molecule has 0 aromatic heterocycles. The summed E-state index contributed by atoms with van der Waals surface area (Å²) in [5.74, 6) is -1.31. The fourth-order valence-corrected chi connectivity index (χ4v) is 4.82. The van der Waals surface area contributed by atoms with Gasteiger partial charge in [0.05, 0.1) is 17.1 Å². The largest absolute Gasteiger partial charge is 0.322 e. The molecule has 0 aliphatic rings. The number of sulfonamides is 1. The zero-order valence-corrected chi connectivity index (χ0v) is 20.6. The number of hydrogen-bond donors (Lipinski definition) is 1. The molecule has 1 N–H and O–H groups in total. The Hall–Kier alpha value is -1.78. The fraction of sp³-hybridized carbons (Fsp3) is 0.0952. The maximum absolute atomic E-state index is 14.1. The van der Waals surface area contributed by atoms with Gasteiger partial charge < -0.3 is 5.32 Å². The quantitative estimate of drug-likeness (QED) is 0.377. The number of rotatable bonds is 7. The summed E-state index contributed by atoms with van der Waals surface area (Å²) in [5, 5.41) is 2.93. The van der Waals surface area contributed by atoms with Crippen LogP contribution in [0.5, 0.6) is 0 Å². The lowest BCUT2D eigenvalue weighted by Crippen LogP contribution is -2.37.